The number of fused-ring (bicyclic) bond motifs is 1. The van der Waals surface area contributed by atoms with Crippen molar-refractivity contribution in [3.8, 4) is 11.3 Å². The maximum absolute atomic E-state index is 11.9. The molecule has 7 nitrogen and oxygen atoms in total. The minimum atomic E-state index is -0.278. The third kappa shape index (κ3) is 4.94. The van der Waals surface area contributed by atoms with Gasteiger partial charge in [0.05, 0.1) is 16.4 Å². The number of aromatic nitrogens is 3. The zero-order valence-corrected chi connectivity index (χ0v) is 18.2. The fourth-order valence-electron chi connectivity index (χ4n) is 2.62. The Hall–Kier alpha value is -2.32. The molecule has 1 aromatic carbocycles. The van der Waals surface area contributed by atoms with Crippen LogP contribution < -0.4 is 16.0 Å². The highest BCUT2D eigenvalue weighted by atomic mass is 79.9. The molecule has 0 aliphatic heterocycles. The maximum atomic E-state index is 11.9. The van der Waals surface area contributed by atoms with Gasteiger partial charge in [0.1, 0.15) is 5.82 Å². The van der Waals surface area contributed by atoms with Crippen molar-refractivity contribution in [2.75, 3.05) is 18.4 Å². The Bertz CT molecular complexity index is 998. The van der Waals surface area contributed by atoms with Gasteiger partial charge in [0, 0.05) is 35.3 Å². The zero-order chi connectivity index (χ0) is 20.3. The summed E-state index contributed by atoms with van der Waals surface area (Å²) in [6.45, 7) is 6.78. The molecule has 9 heteroatoms. The molecule has 28 heavy (non-hydrogen) atoms. The highest BCUT2D eigenvalue weighted by molar-refractivity contribution is 9.10. The quantitative estimate of drug-likeness (QED) is 0.490. The molecule has 0 spiro atoms. The third-order valence-corrected chi connectivity index (χ3v) is 4.67. The molecule has 0 aliphatic carbocycles. The summed E-state index contributed by atoms with van der Waals surface area (Å²) in [7, 11) is 0. The Morgan fingerprint density at radius 3 is 2.71 bits per heavy atom. The monoisotopic (exact) mass is 464 g/mol. The Morgan fingerprint density at radius 2 is 2.00 bits per heavy atom. The van der Waals surface area contributed by atoms with E-state index in [4.69, 9.17) is 11.6 Å². The molecule has 0 saturated heterocycles. The molecule has 2 aromatic heterocycles. The fraction of sp³-hybridized carbons (Fsp3) is 0.316. The van der Waals surface area contributed by atoms with Gasteiger partial charge in [-0.05, 0) is 42.8 Å². The maximum Gasteiger partial charge on any atom is 0.315 e. The number of anilines is 1. The number of carbonyl (C=O) groups excluding carboxylic acids is 1. The van der Waals surface area contributed by atoms with Crippen molar-refractivity contribution in [3.05, 3.63) is 46.0 Å². The van der Waals surface area contributed by atoms with Crippen LogP contribution in [-0.4, -0.2) is 39.3 Å². The first kappa shape index (κ1) is 20.4. The second-order valence-corrected chi connectivity index (χ2v) is 8.55. The van der Waals surface area contributed by atoms with Crippen LogP contribution >= 0.6 is 27.5 Å². The fourth-order valence-corrected chi connectivity index (χ4v) is 3.20. The smallest absolute Gasteiger partial charge is 0.315 e. The lowest BCUT2D eigenvalue weighted by Gasteiger charge is -2.20. The first-order chi connectivity index (χ1) is 13.2. The normalized spacial score (nSPS) is 11.5. The van der Waals surface area contributed by atoms with E-state index in [1.165, 1.54) is 0 Å². The molecule has 2 amide bonds. The second kappa shape index (κ2) is 8.36. The van der Waals surface area contributed by atoms with Crippen molar-refractivity contribution in [2.45, 2.75) is 26.3 Å². The highest BCUT2D eigenvalue weighted by Gasteiger charge is 2.14. The summed E-state index contributed by atoms with van der Waals surface area (Å²) in [6.07, 6.45) is 1.69. The lowest BCUT2D eigenvalue weighted by Crippen LogP contribution is -2.47. The number of benzene rings is 1. The zero-order valence-electron chi connectivity index (χ0n) is 15.9. The number of nitrogens with one attached hydrogen (secondary N) is 3. The van der Waals surface area contributed by atoms with Crippen LogP contribution in [0.5, 0.6) is 0 Å². The summed E-state index contributed by atoms with van der Waals surface area (Å²) in [5.74, 6) is 0.753. The van der Waals surface area contributed by atoms with E-state index in [-0.39, 0.29) is 11.6 Å². The number of carbonyl (C=O) groups is 1. The Kier molecular flexibility index (Phi) is 6.10. The first-order valence-electron chi connectivity index (χ1n) is 8.84. The molecule has 3 rings (SSSR count). The summed E-state index contributed by atoms with van der Waals surface area (Å²) in [6, 6.07) is 9.25. The van der Waals surface area contributed by atoms with Gasteiger partial charge in [-0.3, -0.25) is 0 Å². The number of halogens is 2. The van der Waals surface area contributed by atoms with Gasteiger partial charge in [0.25, 0.3) is 0 Å². The van der Waals surface area contributed by atoms with E-state index in [1.807, 2.05) is 51.1 Å². The van der Waals surface area contributed by atoms with Crippen LogP contribution in [0.15, 0.2) is 41.0 Å². The molecular weight excluding hydrogens is 444 g/mol. The van der Waals surface area contributed by atoms with Gasteiger partial charge in [0.15, 0.2) is 5.65 Å². The summed E-state index contributed by atoms with van der Waals surface area (Å²) < 4.78 is 2.49. The van der Waals surface area contributed by atoms with E-state index in [9.17, 15) is 4.79 Å². The van der Waals surface area contributed by atoms with Crippen LogP contribution in [0.2, 0.25) is 5.02 Å². The lowest BCUT2D eigenvalue weighted by atomic mass is 10.1. The van der Waals surface area contributed by atoms with Gasteiger partial charge in [-0.25, -0.2) is 9.78 Å². The van der Waals surface area contributed by atoms with Crippen molar-refractivity contribution in [1.82, 2.24) is 25.2 Å². The number of urea groups is 1. The predicted molar refractivity (Wildman–Crippen MR) is 116 cm³/mol. The lowest BCUT2D eigenvalue weighted by molar-refractivity contribution is 0.232. The van der Waals surface area contributed by atoms with Crippen LogP contribution in [0.1, 0.15) is 20.8 Å². The molecule has 3 N–H and O–H groups in total. The third-order valence-electron chi connectivity index (χ3n) is 3.78. The van der Waals surface area contributed by atoms with Crippen LogP contribution in [0, 0.1) is 0 Å². The standard InChI is InChI=1S/C19H22BrClN6O/c1-19(2,3)26-18(28)23-9-8-22-16-10-15(12-6-4-5-7-14(12)21)25-17-13(20)11-24-27(16)17/h4-7,10-11,22H,8-9H2,1-3H3,(H2,23,26,28). The Labute approximate surface area is 177 Å². The summed E-state index contributed by atoms with van der Waals surface area (Å²) in [4.78, 5) is 16.5. The summed E-state index contributed by atoms with van der Waals surface area (Å²) in [5.41, 5.74) is 1.98. The van der Waals surface area contributed by atoms with Gasteiger partial charge in [0.2, 0.25) is 0 Å². The van der Waals surface area contributed by atoms with E-state index < -0.39 is 0 Å². The molecule has 0 aliphatic rings. The van der Waals surface area contributed by atoms with Crippen LogP contribution in [0.3, 0.4) is 0 Å². The highest BCUT2D eigenvalue weighted by Crippen LogP contribution is 2.30. The minimum absolute atomic E-state index is 0.201. The molecule has 3 aromatic rings. The van der Waals surface area contributed by atoms with Gasteiger partial charge in [-0.2, -0.15) is 9.61 Å². The van der Waals surface area contributed by atoms with E-state index in [0.29, 0.717) is 23.8 Å². The van der Waals surface area contributed by atoms with E-state index >= 15 is 0 Å². The molecule has 0 radical (unpaired) electrons. The molecule has 0 saturated carbocycles. The molecule has 2 heterocycles. The largest absolute Gasteiger partial charge is 0.368 e. The van der Waals surface area contributed by atoms with Crippen molar-refractivity contribution < 1.29 is 4.79 Å². The van der Waals surface area contributed by atoms with E-state index in [0.717, 1.165) is 21.5 Å². The van der Waals surface area contributed by atoms with Crippen LogP contribution in [0.25, 0.3) is 16.9 Å². The number of hydrogen-bond acceptors (Lipinski definition) is 4. The average Bonchev–Trinajstić information content (AvgIpc) is 2.99. The summed E-state index contributed by atoms with van der Waals surface area (Å²) >= 11 is 9.82. The molecule has 148 valence electrons. The molecule has 0 fully saturated rings. The SMILES string of the molecule is CC(C)(C)NC(=O)NCCNc1cc(-c2ccccc2Cl)nc2c(Br)cnn12. The van der Waals surface area contributed by atoms with Crippen molar-refractivity contribution in [2.24, 2.45) is 0 Å². The van der Waals surface area contributed by atoms with E-state index in [2.05, 4.69) is 42.0 Å². The van der Waals surface area contributed by atoms with Crippen molar-refractivity contribution in [1.29, 1.82) is 0 Å². The van der Waals surface area contributed by atoms with Crippen molar-refractivity contribution >= 4 is 45.0 Å². The number of amides is 2. The van der Waals surface area contributed by atoms with Crippen LogP contribution in [0.4, 0.5) is 10.6 Å². The predicted octanol–water partition coefficient (Wildman–Crippen LogP) is 4.32. The second-order valence-electron chi connectivity index (χ2n) is 7.29. The molecular formula is C19H22BrClN6O. The summed E-state index contributed by atoms with van der Waals surface area (Å²) in [5, 5.41) is 14.0. The molecule has 0 atom stereocenters. The molecule has 0 unspecified atom stereocenters. The number of rotatable bonds is 5. The van der Waals surface area contributed by atoms with Crippen LogP contribution in [-0.2, 0) is 0 Å². The average molecular weight is 466 g/mol. The Balaban J connectivity index is 1.77. The minimum Gasteiger partial charge on any atom is -0.368 e. The van der Waals surface area contributed by atoms with Gasteiger partial charge < -0.3 is 16.0 Å². The topological polar surface area (TPSA) is 83.4 Å². The number of hydrogen-bond donors (Lipinski definition) is 3. The Morgan fingerprint density at radius 1 is 1.25 bits per heavy atom. The first-order valence-corrected chi connectivity index (χ1v) is 10.0. The van der Waals surface area contributed by atoms with Gasteiger partial charge >= 0.3 is 6.03 Å². The van der Waals surface area contributed by atoms with Crippen molar-refractivity contribution in [3.63, 3.8) is 0 Å². The van der Waals surface area contributed by atoms with Gasteiger partial charge in [-0.1, -0.05) is 29.8 Å². The number of nitrogens with zero attached hydrogens (tertiary/aromatic N) is 3. The molecule has 0 bridgehead atoms. The van der Waals surface area contributed by atoms with E-state index in [1.54, 1.807) is 10.7 Å². The van der Waals surface area contributed by atoms with Gasteiger partial charge in [-0.15, -0.1) is 0 Å².